The molecule has 0 atom stereocenters. The van der Waals surface area contributed by atoms with Crippen molar-refractivity contribution in [1.82, 2.24) is 20.6 Å². The molecule has 0 unspecified atom stereocenters. The Morgan fingerprint density at radius 2 is 0.904 bits per heavy atom. The van der Waals surface area contributed by atoms with Crippen molar-refractivity contribution in [2.45, 2.75) is 0 Å². The molecule has 0 radical (unpaired) electrons. The summed E-state index contributed by atoms with van der Waals surface area (Å²) >= 11 is 6.55. The molecule has 0 saturated heterocycles. The lowest BCUT2D eigenvalue weighted by Gasteiger charge is -2.11. The van der Waals surface area contributed by atoms with Crippen LogP contribution in [0.25, 0.3) is 21.5 Å². The average Bonchev–Trinajstić information content (AvgIpc) is 3.13. The number of rotatable bonds is 10. The Bertz CT molecular complexity index is 2150. The summed E-state index contributed by atoms with van der Waals surface area (Å²) < 4.78 is 12.1. The highest BCUT2D eigenvalue weighted by Crippen LogP contribution is 2.37. The largest absolute Gasteiger partial charge is 0.505 e. The number of carbonyl (C=O) groups excluding carboxylic acids is 2. The number of pyridine rings is 2. The van der Waals surface area contributed by atoms with E-state index in [0.717, 1.165) is 0 Å². The number of aromatic nitrogens is 2. The molecule has 0 bridgehead atoms. The Morgan fingerprint density at radius 1 is 0.538 bits per heavy atom. The lowest BCUT2D eigenvalue weighted by atomic mass is 10.1. The molecule has 0 fully saturated rings. The number of hydrogen-bond donors (Lipinski definition) is 6. The minimum Gasteiger partial charge on any atom is -0.505 e. The Kier molecular flexibility index (Phi) is 11.8. The highest BCUT2D eigenvalue weighted by atomic mass is 79.9. The van der Waals surface area contributed by atoms with Crippen LogP contribution in [0.5, 0.6) is 34.5 Å². The van der Waals surface area contributed by atoms with E-state index in [0.29, 0.717) is 53.7 Å². The lowest BCUT2D eigenvalue weighted by Crippen LogP contribution is -2.30. The zero-order valence-corrected chi connectivity index (χ0v) is 29.7. The molecular weight excluding hydrogens is 808 g/mol. The minimum absolute atomic E-state index is 0.262. The van der Waals surface area contributed by atoms with Gasteiger partial charge in [0.2, 0.25) is 0 Å². The summed E-state index contributed by atoms with van der Waals surface area (Å²) in [4.78, 5) is 53.3. The molecule has 0 aliphatic rings. The monoisotopic (exact) mass is 832 g/mol. The van der Waals surface area contributed by atoms with Crippen molar-refractivity contribution in [3.05, 3.63) is 118 Å². The maximum absolute atomic E-state index is 12.0. The Morgan fingerprint density at radius 3 is 1.25 bits per heavy atom. The molecule has 2 heterocycles. The van der Waals surface area contributed by atoms with Gasteiger partial charge < -0.3 is 40.5 Å². The molecule has 0 saturated carbocycles. The molecule has 52 heavy (non-hydrogen) atoms. The van der Waals surface area contributed by atoms with E-state index < -0.39 is 36.8 Å². The van der Waals surface area contributed by atoms with Crippen molar-refractivity contribution in [2.24, 2.45) is 0 Å². The summed E-state index contributed by atoms with van der Waals surface area (Å²) in [7, 11) is 0. The quantitative estimate of drug-likeness (QED) is 0.0803. The van der Waals surface area contributed by atoms with Crippen LogP contribution in [0.15, 0.2) is 106 Å². The van der Waals surface area contributed by atoms with Gasteiger partial charge in [-0.25, -0.2) is 9.97 Å². The second-order valence-corrected chi connectivity index (χ2v) is 12.1. The van der Waals surface area contributed by atoms with E-state index in [1.807, 2.05) is 60.7 Å². The molecule has 6 aromatic rings. The van der Waals surface area contributed by atoms with Crippen molar-refractivity contribution in [3.8, 4) is 34.5 Å². The first kappa shape index (κ1) is 37.0. The van der Waals surface area contributed by atoms with Crippen molar-refractivity contribution in [1.29, 1.82) is 0 Å². The molecule has 264 valence electrons. The van der Waals surface area contributed by atoms with Gasteiger partial charge in [-0.3, -0.25) is 19.2 Å². The summed E-state index contributed by atoms with van der Waals surface area (Å²) in [5, 5.41) is 44.2. The van der Waals surface area contributed by atoms with E-state index in [-0.39, 0.29) is 22.9 Å². The first-order chi connectivity index (χ1) is 24.9. The van der Waals surface area contributed by atoms with Gasteiger partial charge in [-0.1, -0.05) is 36.4 Å². The molecule has 0 spiro atoms. The van der Waals surface area contributed by atoms with Gasteiger partial charge in [-0.2, -0.15) is 0 Å². The van der Waals surface area contributed by atoms with Gasteiger partial charge in [0.25, 0.3) is 11.8 Å². The maximum atomic E-state index is 12.0. The van der Waals surface area contributed by atoms with Gasteiger partial charge in [-0.15, -0.1) is 0 Å². The molecule has 16 heteroatoms. The Hall–Kier alpha value is -6.26. The van der Waals surface area contributed by atoms with E-state index in [9.17, 15) is 29.4 Å². The number of aromatic hydroxyl groups is 2. The van der Waals surface area contributed by atoms with Crippen LogP contribution in [0.1, 0.15) is 21.0 Å². The van der Waals surface area contributed by atoms with Crippen LogP contribution in [-0.2, 0) is 9.59 Å². The Labute approximate surface area is 310 Å². The number of nitrogens with zero attached hydrogens (tertiary/aromatic N) is 2. The van der Waals surface area contributed by atoms with Gasteiger partial charge in [0.15, 0.2) is 22.9 Å². The van der Waals surface area contributed by atoms with Gasteiger partial charge in [0.1, 0.15) is 45.3 Å². The topological polar surface area (TPSA) is 218 Å². The number of para-hydroxylation sites is 2. The van der Waals surface area contributed by atoms with E-state index in [1.165, 1.54) is 0 Å². The van der Waals surface area contributed by atoms with Crippen LogP contribution in [0.2, 0.25) is 0 Å². The van der Waals surface area contributed by atoms with Crippen LogP contribution in [0.4, 0.5) is 0 Å². The van der Waals surface area contributed by atoms with E-state index in [4.69, 9.17) is 19.7 Å². The van der Waals surface area contributed by atoms with Crippen molar-refractivity contribution in [2.75, 3.05) is 13.1 Å². The van der Waals surface area contributed by atoms with Gasteiger partial charge in [0, 0.05) is 21.5 Å². The molecule has 4 aromatic carbocycles. The predicted molar refractivity (Wildman–Crippen MR) is 195 cm³/mol. The number of halogens is 2. The third kappa shape index (κ3) is 9.09. The zero-order valence-electron chi connectivity index (χ0n) is 26.5. The first-order valence-electron chi connectivity index (χ1n) is 15.0. The number of aliphatic carboxylic acids is 2. The molecular formula is C36H26Br2N4O10. The number of ether oxygens (including phenoxy) is 2. The number of carboxylic acid groups (broad SMARTS) is 2. The Balaban J connectivity index is 0.000000201. The summed E-state index contributed by atoms with van der Waals surface area (Å²) in [6, 6.07) is 28.3. The van der Waals surface area contributed by atoms with Crippen molar-refractivity contribution in [3.63, 3.8) is 0 Å². The normalized spacial score (nSPS) is 10.5. The summed E-state index contributed by atoms with van der Waals surface area (Å²) in [6.07, 6.45) is 0. The summed E-state index contributed by atoms with van der Waals surface area (Å²) in [5.41, 5.74) is -0.523. The maximum Gasteiger partial charge on any atom is 0.322 e. The number of fused-ring (bicyclic) bond motifs is 2. The van der Waals surface area contributed by atoms with E-state index in [1.54, 1.807) is 36.4 Å². The predicted octanol–water partition coefficient (Wildman–Crippen LogP) is 6.62. The molecule has 6 rings (SSSR count). The van der Waals surface area contributed by atoms with Gasteiger partial charge in [-0.05, 0) is 92.5 Å². The van der Waals surface area contributed by atoms with E-state index in [2.05, 4.69) is 52.5 Å². The summed E-state index contributed by atoms with van der Waals surface area (Å²) in [6.45, 7) is -1.14. The first-order valence-corrected chi connectivity index (χ1v) is 16.6. The molecule has 0 aliphatic heterocycles. The average molecular weight is 834 g/mol. The second-order valence-electron chi connectivity index (χ2n) is 10.6. The highest BCUT2D eigenvalue weighted by Gasteiger charge is 2.21. The van der Waals surface area contributed by atoms with Gasteiger partial charge >= 0.3 is 11.9 Å². The zero-order chi connectivity index (χ0) is 37.4. The molecule has 0 aliphatic carbocycles. The highest BCUT2D eigenvalue weighted by molar-refractivity contribution is 9.10. The fraction of sp³-hybridized carbons (Fsp3) is 0.0556. The van der Waals surface area contributed by atoms with Gasteiger partial charge in [0.05, 0.1) is 0 Å². The SMILES string of the molecule is O=C(O)CNC(=O)c1nc(Br)c2cc(Oc3ccccc3)ccc2c1O.O=C(O)CNC(=O)c1nc(Br)c2cc(Oc3ccccc3)ccc2c1O. The molecule has 14 nitrogen and oxygen atoms in total. The molecule has 2 amide bonds. The number of amides is 2. The number of nitrogens with one attached hydrogen (secondary N) is 2. The summed E-state index contributed by atoms with van der Waals surface area (Å²) in [5.74, 6) is -2.23. The third-order valence-corrected chi connectivity index (χ3v) is 8.20. The lowest BCUT2D eigenvalue weighted by molar-refractivity contribution is -0.136. The number of carbonyl (C=O) groups is 4. The smallest absolute Gasteiger partial charge is 0.322 e. The number of benzene rings is 4. The van der Waals surface area contributed by atoms with E-state index >= 15 is 0 Å². The molecule has 6 N–H and O–H groups in total. The fourth-order valence-corrected chi connectivity index (χ4v) is 5.66. The van der Waals surface area contributed by atoms with Crippen LogP contribution in [-0.4, -0.2) is 67.2 Å². The van der Waals surface area contributed by atoms with Crippen LogP contribution in [0, 0.1) is 0 Å². The number of carboxylic acids is 2. The van der Waals surface area contributed by atoms with Crippen LogP contribution < -0.4 is 20.1 Å². The fourth-order valence-electron chi connectivity index (χ4n) is 4.65. The van der Waals surface area contributed by atoms with Crippen molar-refractivity contribution < 1.29 is 49.1 Å². The van der Waals surface area contributed by atoms with Crippen molar-refractivity contribution >= 4 is 77.2 Å². The third-order valence-electron chi connectivity index (χ3n) is 6.99. The minimum atomic E-state index is -1.19. The number of hydrogen-bond acceptors (Lipinski definition) is 10. The second kappa shape index (κ2) is 16.6. The standard InChI is InChI=1S/2C18H13BrN2O5/c2*19-17-13-8-11(26-10-4-2-1-3-5-10)6-7-12(13)16(24)15(21-17)18(25)20-9-14(22)23/h2*1-8,24H,9H2,(H,20,25)(H,22,23). The van der Waals surface area contributed by atoms with Crippen LogP contribution >= 0.6 is 31.9 Å². The molecule has 2 aromatic heterocycles. The van der Waals surface area contributed by atoms with Crippen LogP contribution in [0.3, 0.4) is 0 Å².